The van der Waals surface area contributed by atoms with Gasteiger partial charge in [0.25, 0.3) is 5.91 Å². The Balaban J connectivity index is 1.26. The summed E-state index contributed by atoms with van der Waals surface area (Å²) in [5.41, 5.74) is 5.12. The number of aromatic nitrogens is 4. The SMILES string of the molecule is O=C(Nc1ccnc(N2CCCC2)c1)c1n[nH]c2ccc(-c3cncc(N4CCCCC4)c3)cc12. The number of hydrogen-bond donors (Lipinski definition) is 2. The van der Waals surface area contributed by atoms with Crippen LogP contribution in [0.2, 0.25) is 0 Å². The van der Waals surface area contributed by atoms with E-state index in [4.69, 9.17) is 0 Å². The number of nitrogens with one attached hydrogen (secondary N) is 2. The molecule has 0 saturated carbocycles. The summed E-state index contributed by atoms with van der Waals surface area (Å²) in [5, 5.41) is 11.1. The Morgan fingerprint density at radius 2 is 1.66 bits per heavy atom. The highest BCUT2D eigenvalue weighted by Gasteiger charge is 2.18. The van der Waals surface area contributed by atoms with Gasteiger partial charge in [-0.05, 0) is 61.9 Å². The summed E-state index contributed by atoms with van der Waals surface area (Å²) in [5.74, 6) is 0.655. The number of nitrogens with zero attached hydrogens (tertiary/aromatic N) is 5. The van der Waals surface area contributed by atoms with Crippen LogP contribution in [-0.4, -0.2) is 52.3 Å². The number of pyridine rings is 2. The molecule has 6 rings (SSSR count). The van der Waals surface area contributed by atoms with Gasteiger partial charge in [0.2, 0.25) is 0 Å². The van der Waals surface area contributed by atoms with Crippen LogP contribution >= 0.6 is 0 Å². The van der Waals surface area contributed by atoms with Gasteiger partial charge in [0.05, 0.1) is 17.4 Å². The molecule has 2 fully saturated rings. The summed E-state index contributed by atoms with van der Waals surface area (Å²) in [6.45, 7) is 4.16. The van der Waals surface area contributed by atoms with Crippen molar-refractivity contribution in [2.24, 2.45) is 0 Å². The Labute approximate surface area is 204 Å². The van der Waals surface area contributed by atoms with E-state index in [1.807, 2.05) is 42.7 Å². The van der Waals surface area contributed by atoms with Crippen molar-refractivity contribution in [3.63, 3.8) is 0 Å². The molecule has 0 unspecified atom stereocenters. The maximum atomic E-state index is 13.2. The second-order valence-corrected chi connectivity index (χ2v) is 9.36. The fourth-order valence-corrected chi connectivity index (χ4v) is 5.08. The van der Waals surface area contributed by atoms with Crippen molar-refractivity contribution in [1.82, 2.24) is 20.2 Å². The van der Waals surface area contributed by atoms with Crippen LogP contribution in [0.1, 0.15) is 42.6 Å². The Bertz CT molecular complexity index is 1350. The zero-order valence-electron chi connectivity index (χ0n) is 19.7. The monoisotopic (exact) mass is 467 g/mol. The van der Waals surface area contributed by atoms with Crippen LogP contribution in [0.3, 0.4) is 0 Å². The van der Waals surface area contributed by atoms with Crippen LogP contribution in [0.5, 0.6) is 0 Å². The zero-order valence-corrected chi connectivity index (χ0v) is 19.7. The fourth-order valence-electron chi connectivity index (χ4n) is 5.08. The molecule has 1 aromatic carbocycles. The van der Waals surface area contributed by atoms with Gasteiger partial charge in [-0.1, -0.05) is 6.07 Å². The number of piperidine rings is 1. The lowest BCUT2D eigenvalue weighted by atomic mass is 10.0. The second kappa shape index (κ2) is 9.37. The van der Waals surface area contributed by atoms with Gasteiger partial charge in [-0.3, -0.25) is 14.9 Å². The molecule has 1 amide bonds. The number of carbonyl (C=O) groups excluding carboxylic acids is 1. The maximum absolute atomic E-state index is 13.2. The Hall–Kier alpha value is -3.94. The number of anilines is 3. The van der Waals surface area contributed by atoms with E-state index < -0.39 is 0 Å². The number of fused-ring (bicyclic) bond motifs is 1. The molecular formula is C27H29N7O. The molecular weight excluding hydrogens is 438 g/mol. The number of carbonyl (C=O) groups is 1. The standard InChI is InChI=1S/C27H29N7O/c35-27(30-21-8-9-29-25(16-21)34-12-4-5-13-34)26-23-15-19(6-7-24(23)31-32-26)20-14-22(18-28-17-20)33-10-2-1-3-11-33/h6-9,14-18H,1-5,10-13H2,(H,31,32)(H,29,30,35). The van der Waals surface area contributed by atoms with Gasteiger partial charge in [-0.2, -0.15) is 5.10 Å². The van der Waals surface area contributed by atoms with Gasteiger partial charge in [0, 0.05) is 61.3 Å². The van der Waals surface area contributed by atoms with Gasteiger partial charge < -0.3 is 15.1 Å². The van der Waals surface area contributed by atoms with Crippen molar-refractivity contribution in [2.75, 3.05) is 41.3 Å². The average Bonchev–Trinajstić information content (AvgIpc) is 3.60. The molecule has 8 heteroatoms. The van der Waals surface area contributed by atoms with Crippen LogP contribution in [0, 0.1) is 0 Å². The highest BCUT2D eigenvalue weighted by atomic mass is 16.1. The van der Waals surface area contributed by atoms with Crippen LogP contribution in [0.4, 0.5) is 17.2 Å². The van der Waals surface area contributed by atoms with E-state index in [9.17, 15) is 4.79 Å². The number of H-pyrrole nitrogens is 1. The summed E-state index contributed by atoms with van der Waals surface area (Å²) in [6, 6.07) is 12.0. The highest BCUT2D eigenvalue weighted by Crippen LogP contribution is 2.29. The van der Waals surface area contributed by atoms with Gasteiger partial charge in [0.1, 0.15) is 5.82 Å². The molecule has 0 spiro atoms. The normalized spacial score (nSPS) is 16.1. The minimum Gasteiger partial charge on any atom is -0.370 e. The van der Waals surface area contributed by atoms with E-state index in [-0.39, 0.29) is 5.91 Å². The molecule has 2 saturated heterocycles. The maximum Gasteiger partial charge on any atom is 0.276 e. The second-order valence-electron chi connectivity index (χ2n) is 9.36. The summed E-state index contributed by atoms with van der Waals surface area (Å²) in [7, 11) is 0. The first-order chi connectivity index (χ1) is 17.2. The van der Waals surface area contributed by atoms with Crippen molar-refractivity contribution >= 4 is 34.0 Å². The molecule has 2 N–H and O–H groups in total. The Morgan fingerprint density at radius 3 is 2.51 bits per heavy atom. The quantitative estimate of drug-likeness (QED) is 0.436. The smallest absolute Gasteiger partial charge is 0.276 e. The number of rotatable bonds is 5. The van der Waals surface area contributed by atoms with E-state index in [1.165, 1.54) is 32.1 Å². The molecule has 0 aliphatic carbocycles. The summed E-state index contributed by atoms with van der Waals surface area (Å²) < 4.78 is 0. The van der Waals surface area contributed by atoms with E-state index in [2.05, 4.69) is 41.3 Å². The number of amides is 1. The Kier molecular flexibility index (Phi) is 5.78. The summed E-state index contributed by atoms with van der Waals surface area (Å²) in [4.78, 5) is 26.8. The van der Waals surface area contributed by atoms with Gasteiger partial charge in [0.15, 0.2) is 5.69 Å². The first-order valence-electron chi connectivity index (χ1n) is 12.5. The predicted molar refractivity (Wildman–Crippen MR) is 139 cm³/mol. The zero-order chi connectivity index (χ0) is 23.6. The molecule has 0 radical (unpaired) electrons. The van der Waals surface area contributed by atoms with Crippen molar-refractivity contribution < 1.29 is 4.79 Å². The van der Waals surface area contributed by atoms with Crippen molar-refractivity contribution in [2.45, 2.75) is 32.1 Å². The number of benzene rings is 1. The third kappa shape index (κ3) is 4.43. The first-order valence-corrected chi connectivity index (χ1v) is 12.5. The number of hydrogen-bond acceptors (Lipinski definition) is 6. The lowest BCUT2D eigenvalue weighted by Gasteiger charge is -2.28. The van der Waals surface area contributed by atoms with Gasteiger partial charge in [-0.15, -0.1) is 0 Å². The van der Waals surface area contributed by atoms with Crippen molar-refractivity contribution in [1.29, 1.82) is 0 Å². The molecule has 0 bridgehead atoms. The molecule has 4 aromatic rings. The third-order valence-corrected chi connectivity index (χ3v) is 6.99. The molecule has 3 aromatic heterocycles. The topological polar surface area (TPSA) is 90.0 Å². The minimum atomic E-state index is -0.243. The van der Waals surface area contributed by atoms with Gasteiger partial charge in [-0.25, -0.2) is 4.98 Å². The molecule has 2 aliphatic rings. The first kappa shape index (κ1) is 21.6. The largest absolute Gasteiger partial charge is 0.370 e. The molecule has 35 heavy (non-hydrogen) atoms. The van der Waals surface area contributed by atoms with E-state index in [0.717, 1.165) is 65.4 Å². The van der Waals surface area contributed by atoms with Crippen LogP contribution in [0.15, 0.2) is 55.0 Å². The summed E-state index contributed by atoms with van der Waals surface area (Å²) >= 11 is 0. The molecule has 8 nitrogen and oxygen atoms in total. The van der Waals surface area contributed by atoms with Crippen molar-refractivity contribution in [3.8, 4) is 11.1 Å². The molecule has 0 atom stereocenters. The van der Waals surface area contributed by atoms with Crippen molar-refractivity contribution in [3.05, 3.63) is 60.7 Å². The fraction of sp³-hybridized carbons (Fsp3) is 0.333. The Morgan fingerprint density at radius 1 is 0.857 bits per heavy atom. The van der Waals surface area contributed by atoms with E-state index >= 15 is 0 Å². The average molecular weight is 468 g/mol. The van der Waals surface area contributed by atoms with Crippen LogP contribution in [0.25, 0.3) is 22.0 Å². The van der Waals surface area contributed by atoms with E-state index in [0.29, 0.717) is 5.69 Å². The van der Waals surface area contributed by atoms with E-state index in [1.54, 1.807) is 6.20 Å². The molecule has 178 valence electrons. The van der Waals surface area contributed by atoms with Crippen LogP contribution in [-0.2, 0) is 0 Å². The lowest BCUT2D eigenvalue weighted by molar-refractivity contribution is 0.102. The summed E-state index contributed by atoms with van der Waals surface area (Å²) in [6.07, 6.45) is 11.7. The molecule has 2 aliphatic heterocycles. The highest BCUT2D eigenvalue weighted by molar-refractivity contribution is 6.11. The minimum absolute atomic E-state index is 0.243. The van der Waals surface area contributed by atoms with Gasteiger partial charge >= 0.3 is 0 Å². The number of aromatic amines is 1. The third-order valence-electron chi connectivity index (χ3n) is 6.99. The molecule has 5 heterocycles. The van der Waals surface area contributed by atoms with Crippen LogP contribution < -0.4 is 15.1 Å². The lowest BCUT2D eigenvalue weighted by Crippen LogP contribution is -2.29. The predicted octanol–water partition coefficient (Wildman–Crippen LogP) is 4.86.